The van der Waals surface area contributed by atoms with Crippen LogP contribution in [-0.4, -0.2) is 31.8 Å². The fraction of sp³-hybridized carbons (Fsp3) is 0.462. The van der Waals surface area contributed by atoms with Gasteiger partial charge in [0.1, 0.15) is 5.01 Å². The van der Waals surface area contributed by atoms with E-state index in [0.29, 0.717) is 16.2 Å². The molecule has 2 aromatic heterocycles. The van der Waals surface area contributed by atoms with Crippen molar-refractivity contribution in [2.24, 2.45) is 0 Å². The highest BCUT2D eigenvalue weighted by Gasteiger charge is 2.11. The summed E-state index contributed by atoms with van der Waals surface area (Å²) in [6.07, 6.45) is 0. The predicted octanol–water partition coefficient (Wildman–Crippen LogP) is 2.80. The number of amides is 1. The number of carbonyl (C=O) groups excluding carboxylic acids is 1. The lowest BCUT2D eigenvalue weighted by Crippen LogP contribution is -2.14. The van der Waals surface area contributed by atoms with Gasteiger partial charge in [-0.1, -0.05) is 36.9 Å². The van der Waals surface area contributed by atoms with Crippen molar-refractivity contribution in [1.29, 1.82) is 0 Å². The van der Waals surface area contributed by atoms with Crippen molar-refractivity contribution in [3.8, 4) is 0 Å². The third kappa shape index (κ3) is 4.75. The van der Waals surface area contributed by atoms with E-state index < -0.39 is 0 Å². The molecule has 2 rings (SSSR count). The number of anilines is 1. The molecule has 0 bridgehead atoms. The lowest BCUT2D eigenvalue weighted by molar-refractivity contribution is -0.113. The first-order chi connectivity index (χ1) is 9.94. The number of aromatic nitrogens is 4. The Hall–Kier alpha value is -1.54. The lowest BCUT2D eigenvalue weighted by Gasteiger charge is -2.03. The molecule has 0 saturated heterocycles. The van der Waals surface area contributed by atoms with E-state index in [0.717, 1.165) is 16.4 Å². The molecule has 2 aromatic rings. The monoisotopic (exact) mass is 323 g/mol. The molecule has 0 aliphatic carbocycles. The van der Waals surface area contributed by atoms with E-state index in [-0.39, 0.29) is 11.7 Å². The molecule has 0 unspecified atom stereocenters. The van der Waals surface area contributed by atoms with Gasteiger partial charge in [-0.15, -0.1) is 10.2 Å². The predicted molar refractivity (Wildman–Crippen MR) is 84.9 cm³/mol. The molecule has 0 radical (unpaired) electrons. The molecular weight excluding hydrogens is 306 g/mol. The second-order valence-corrected chi connectivity index (χ2v) is 6.82. The van der Waals surface area contributed by atoms with Gasteiger partial charge in [0.2, 0.25) is 11.0 Å². The molecule has 0 fully saturated rings. The van der Waals surface area contributed by atoms with Crippen LogP contribution in [0.15, 0.2) is 11.2 Å². The average molecular weight is 323 g/mol. The Morgan fingerprint density at radius 3 is 2.52 bits per heavy atom. The Morgan fingerprint density at radius 2 is 1.95 bits per heavy atom. The highest BCUT2D eigenvalue weighted by molar-refractivity contribution is 7.99. The molecule has 0 aliphatic heterocycles. The van der Waals surface area contributed by atoms with E-state index in [1.165, 1.54) is 23.1 Å². The smallest absolute Gasteiger partial charge is 0.236 e. The number of aryl methyl sites for hydroxylation is 2. The van der Waals surface area contributed by atoms with Crippen molar-refractivity contribution in [2.45, 2.75) is 38.8 Å². The molecule has 1 N–H and O–H groups in total. The van der Waals surface area contributed by atoms with Crippen LogP contribution in [0.1, 0.15) is 36.2 Å². The van der Waals surface area contributed by atoms with Gasteiger partial charge in [-0.25, -0.2) is 9.97 Å². The first-order valence-corrected chi connectivity index (χ1v) is 8.32. The summed E-state index contributed by atoms with van der Waals surface area (Å²) >= 11 is 2.71. The first-order valence-electron chi connectivity index (χ1n) is 6.52. The van der Waals surface area contributed by atoms with Crippen LogP contribution in [0.3, 0.4) is 0 Å². The number of nitrogens with zero attached hydrogens (tertiary/aromatic N) is 4. The van der Waals surface area contributed by atoms with Crippen LogP contribution in [0, 0.1) is 13.8 Å². The molecule has 8 heteroatoms. The van der Waals surface area contributed by atoms with E-state index in [9.17, 15) is 4.79 Å². The zero-order valence-electron chi connectivity index (χ0n) is 12.4. The summed E-state index contributed by atoms with van der Waals surface area (Å²) in [4.78, 5) is 20.5. The lowest BCUT2D eigenvalue weighted by atomic mass is 10.2. The minimum atomic E-state index is -0.130. The second-order valence-electron chi connectivity index (χ2n) is 4.87. The van der Waals surface area contributed by atoms with E-state index >= 15 is 0 Å². The standard InChI is InChI=1S/C13H17N5OS2/c1-7(2)11-17-18-13(21-11)16-10(19)6-20-12-14-8(3)5-9(4)15-12/h5,7H,6H2,1-4H3,(H,16,18,19). The van der Waals surface area contributed by atoms with Crippen LogP contribution in [0.4, 0.5) is 5.13 Å². The highest BCUT2D eigenvalue weighted by Crippen LogP contribution is 2.22. The summed E-state index contributed by atoms with van der Waals surface area (Å²) in [6, 6.07) is 1.90. The Labute approximate surface area is 131 Å². The van der Waals surface area contributed by atoms with E-state index in [1.807, 2.05) is 33.8 Å². The van der Waals surface area contributed by atoms with Crippen molar-refractivity contribution in [3.63, 3.8) is 0 Å². The van der Waals surface area contributed by atoms with Gasteiger partial charge in [0, 0.05) is 17.3 Å². The van der Waals surface area contributed by atoms with Crippen LogP contribution in [0.25, 0.3) is 0 Å². The number of rotatable bonds is 5. The number of hydrogen-bond acceptors (Lipinski definition) is 7. The largest absolute Gasteiger partial charge is 0.300 e. The summed E-state index contributed by atoms with van der Waals surface area (Å²) in [6.45, 7) is 7.90. The first kappa shape index (κ1) is 15.8. The number of nitrogens with one attached hydrogen (secondary N) is 1. The maximum absolute atomic E-state index is 11.9. The third-order valence-corrected chi connectivity index (χ3v) is 4.46. The SMILES string of the molecule is Cc1cc(C)nc(SCC(=O)Nc2nnc(C(C)C)s2)n1. The molecule has 0 aromatic carbocycles. The summed E-state index contributed by atoms with van der Waals surface area (Å²) in [5.74, 6) is 0.430. The van der Waals surface area contributed by atoms with Gasteiger partial charge >= 0.3 is 0 Å². The fourth-order valence-electron chi connectivity index (χ4n) is 1.56. The maximum Gasteiger partial charge on any atom is 0.236 e. The van der Waals surface area contributed by atoms with Crippen molar-refractivity contribution in [3.05, 3.63) is 22.5 Å². The minimum Gasteiger partial charge on any atom is -0.300 e. The topological polar surface area (TPSA) is 80.7 Å². The number of carbonyl (C=O) groups is 1. The van der Waals surface area contributed by atoms with Crippen LogP contribution in [0.2, 0.25) is 0 Å². The van der Waals surface area contributed by atoms with Gasteiger partial charge in [-0.05, 0) is 19.9 Å². The van der Waals surface area contributed by atoms with Gasteiger partial charge in [0.15, 0.2) is 5.16 Å². The van der Waals surface area contributed by atoms with Gasteiger partial charge < -0.3 is 0 Å². The average Bonchev–Trinajstić information content (AvgIpc) is 2.84. The van der Waals surface area contributed by atoms with E-state index in [4.69, 9.17) is 0 Å². The van der Waals surface area contributed by atoms with E-state index in [1.54, 1.807) is 0 Å². The summed E-state index contributed by atoms with van der Waals surface area (Å²) in [5, 5.41) is 12.8. The molecule has 6 nitrogen and oxygen atoms in total. The van der Waals surface area contributed by atoms with Gasteiger partial charge in [-0.3, -0.25) is 10.1 Å². The Balaban J connectivity index is 1.89. The van der Waals surface area contributed by atoms with Crippen LogP contribution < -0.4 is 5.32 Å². The van der Waals surface area contributed by atoms with Gasteiger partial charge in [-0.2, -0.15) is 0 Å². The molecular formula is C13H17N5OS2. The van der Waals surface area contributed by atoms with Gasteiger partial charge in [0.05, 0.1) is 5.75 Å². The fourth-order valence-corrected chi connectivity index (χ4v) is 3.07. The van der Waals surface area contributed by atoms with Crippen molar-refractivity contribution >= 4 is 34.1 Å². The van der Waals surface area contributed by atoms with Crippen LogP contribution in [0.5, 0.6) is 0 Å². The molecule has 2 heterocycles. The van der Waals surface area contributed by atoms with Crippen LogP contribution >= 0.6 is 23.1 Å². The Kier molecular flexibility index (Phi) is 5.24. The normalized spacial score (nSPS) is 10.9. The molecule has 0 atom stereocenters. The zero-order valence-corrected chi connectivity index (χ0v) is 14.0. The minimum absolute atomic E-state index is 0.130. The van der Waals surface area contributed by atoms with Crippen molar-refractivity contribution in [1.82, 2.24) is 20.2 Å². The zero-order chi connectivity index (χ0) is 15.4. The second kappa shape index (κ2) is 6.95. The third-order valence-electron chi connectivity index (χ3n) is 2.48. The number of hydrogen-bond donors (Lipinski definition) is 1. The molecule has 21 heavy (non-hydrogen) atoms. The van der Waals surface area contributed by atoms with Crippen molar-refractivity contribution in [2.75, 3.05) is 11.1 Å². The molecule has 112 valence electrons. The Bertz CT molecular complexity index is 621. The highest BCUT2D eigenvalue weighted by atomic mass is 32.2. The van der Waals surface area contributed by atoms with Crippen molar-refractivity contribution < 1.29 is 4.79 Å². The quantitative estimate of drug-likeness (QED) is 0.673. The molecule has 0 saturated carbocycles. The molecule has 1 amide bonds. The summed E-state index contributed by atoms with van der Waals surface area (Å²) in [7, 11) is 0. The Morgan fingerprint density at radius 1 is 1.29 bits per heavy atom. The summed E-state index contributed by atoms with van der Waals surface area (Å²) in [5.41, 5.74) is 1.80. The van der Waals surface area contributed by atoms with Gasteiger partial charge in [0.25, 0.3) is 0 Å². The summed E-state index contributed by atoms with van der Waals surface area (Å²) < 4.78 is 0. The molecule has 0 aliphatic rings. The van der Waals surface area contributed by atoms with Crippen LogP contribution in [-0.2, 0) is 4.79 Å². The van der Waals surface area contributed by atoms with E-state index in [2.05, 4.69) is 25.5 Å². The number of thioether (sulfide) groups is 1. The maximum atomic E-state index is 11.9. The molecule has 0 spiro atoms.